The van der Waals surface area contributed by atoms with E-state index in [0.29, 0.717) is 18.1 Å². The molecule has 1 aliphatic heterocycles. The number of para-hydroxylation sites is 1. The fourth-order valence-electron chi connectivity index (χ4n) is 3.70. The van der Waals surface area contributed by atoms with Gasteiger partial charge in [0.2, 0.25) is 0 Å². The van der Waals surface area contributed by atoms with E-state index >= 15 is 0 Å². The highest BCUT2D eigenvalue weighted by Gasteiger charge is 2.28. The third-order valence-corrected chi connectivity index (χ3v) is 5.20. The number of pyridine rings is 1. The number of hydrogen-bond donors (Lipinski definition) is 2. The molecule has 1 aliphatic rings. The van der Waals surface area contributed by atoms with Gasteiger partial charge in [-0.1, -0.05) is 44.9 Å². The van der Waals surface area contributed by atoms with E-state index in [1.54, 1.807) is 0 Å². The third kappa shape index (κ3) is 3.70. The summed E-state index contributed by atoms with van der Waals surface area (Å²) >= 11 is 0. The first kappa shape index (κ1) is 17.2. The summed E-state index contributed by atoms with van der Waals surface area (Å²) in [6.45, 7) is 5.27. The number of nitrogens with one attached hydrogen (secondary N) is 1. The molecule has 24 heavy (non-hydrogen) atoms. The molecule has 0 saturated carbocycles. The maximum absolute atomic E-state index is 9.72. The molecule has 130 valence electrons. The van der Waals surface area contributed by atoms with E-state index in [2.05, 4.69) is 19.2 Å². The predicted octanol–water partition coefficient (Wildman–Crippen LogP) is 4.12. The Bertz CT molecular complexity index is 670. The van der Waals surface area contributed by atoms with Crippen molar-refractivity contribution in [3.8, 4) is 0 Å². The SMILES string of the molecule is CCC(CC)C1CC(Nc2nc3ccccc3cc2CO)CCO1. The van der Waals surface area contributed by atoms with Gasteiger partial charge in [-0.15, -0.1) is 0 Å². The van der Waals surface area contributed by atoms with Crippen LogP contribution in [0.5, 0.6) is 0 Å². The van der Waals surface area contributed by atoms with Crippen molar-refractivity contribution < 1.29 is 9.84 Å². The van der Waals surface area contributed by atoms with Crippen molar-refractivity contribution in [2.45, 2.75) is 58.3 Å². The number of hydrogen-bond acceptors (Lipinski definition) is 4. The zero-order chi connectivity index (χ0) is 16.9. The van der Waals surface area contributed by atoms with E-state index in [0.717, 1.165) is 54.6 Å². The molecule has 0 spiro atoms. The van der Waals surface area contributed by atoms with Crippen LogP contribution in [0.2, 0.25) is 0 Å². The Balaban J connectivity index is 1.78. The molecule has 4 heteroatoms. The van der Waals surface area contributed by atoms with E-state index in [1.165, 1.54) is 0 Å². The quantitative estimate of drug-likeness (QED) is 0.837. The first-order chi connectivity index (χ1) is 11.7. The van der Waals surface area contributed by atoms with Crippen LogP contribution in [-0.4, -0.2) is 28.8 Å². The maximum atomic E-state index is 9.72. The molecule has 2 heterocycles. The molecule has 0 aliphatic carbocycles. The standard InChI is InChI=1S/C20H28N2O2/c1-3-14(4-2)19-12-17(9-10-24-19)21-20-16(13-23)11-15-7-5-6-8-18(15)22-20/h5-8,11,14,17,19,23H,3-4,9-10,12-13H2,1-2H3,(H,21,22). The second-order valence-electron chi connectivity index (χ2n) is 6.70. The Labute approximate surface area is 144 Å². The average molecular weight is 328 g/mol. The summed E-state index contributed by atoms with van der Waals surface area (Å²) in [7, 11) is 0. The van der Waals surface area contributed by atoms with Gasteiger partial charge < -0.3 is 15.2 Å². The molecule has 2 N–H and O–H groups in total. The molecule has 2 unspecified atom stereocenters. The highest BCUT2D eigenvalue weighted by Crippen LogP contribution is 2.28. The first-order valence-electron chi connectivity index (χ1n) is 9.12. The predicted molar refractivity (Wildman–Crippen MR) is 98.1 cm³/mol. The topological polar surface area (TPSA) is 54.4 Å². The molecule has 2 aromatic rings. The molecule has 2 atom stereocenters. The van der Waals surface area contributed by atoms with Crippen LogP contribution >= 0.6 is 0 Å². The van der Waals surface area contributed by atoms with Crippen molar-refractivity contribution in [1.82, 2.24) is 4.98 Å². The molecular formula is C20H28N2O2. The third-order valence-electron chi connectivity index (χ3n) is 5.20. The van der Waals surface area contributed by atoms with E-state index in [9.17, 15) is 5.11 Å². The minimum absolute atomic E-state index is 0.000634. The van der Waals surface area contributed by atoms with Gasteiger partial charge in [0.25, 0.3) is 0 Å². The van der Waals surface area contributed by atoms with Gasteiger partial charge in [-0.25, -0.2) is 4.98 Å². The number of rotatable bonds is 6. The zero-order valence-electron chi connectivity index (χ0n) is 14.7. The second-order valence-corrected chi connectivity index (χ2v) is 6.70. The Hall–Kier alpha value is -1.65. The van der Waals surface area contributed by atoms with Crippen LogP contribution in [0.3, 0.4) is 0 Å². The lowest BCUT2D eigenvalue weighted by Gasteiger charge is -2.35. The minimum atomic E-state index is -0.000634. The van der Waals surface area contributed by atoms with Crippen LogP contribution in [0.4, 0.5) is 5.82 Å². The van der Waals surface area contributed by atoms with Crippen LogP contribution in [0.15, 0.2) is 30.3 Å². The Morgan fingerprint density at radius 2 is 2.08 bits per heavy atom. The minimum Gasteiger partial charge on any atom is -0.392 e. The molecule has 4 nitrogen and oxygen atoms in total. The number of benzene rings is 1. The number of nitrogens with zero attached hydrogens (tertiary/aromatic N) is 1. The smallest absolute Gasteiger partial charge is 0.132 e. The highest BCUT2D eigenvalue weighted by atomic mass is 16.5. The lowest BCUT2D eigenvalue weighted by molar-refractivity contribution is -0.0271. The van der Waals surface area contributed by atoms with Gasteiger partial charge in [0.1, 0.15) is 5.82 Å². The fraction of sp³-hybridized carbons (Fsp3) is 0.550. The lowest BCUT2D eigenvalue weighted by Crippen LogP contribution is -2.38. The Morgan fingerprint density at radius 1 is 1.29 bits per heavy atom. The van der Waals surface area contributed by atoms with Gasteiger partial charge >= 0.3 is 0 Å². The van der Waals surface area contributed by atoms with Crippen molar-refractivity contribution in [3.05, 3.63) is 35.9 Å². The Kier molecular flexibility index (Phi) is 5.69. The highest BCUT2D eigenvalue weighted by molar-refractivity contribution is 5.81. The van der Waals surface area contributed by atoms with Gasteiger partial charge in [0, 0.05) is 23.6 Å². The largest absolute Gasteiger partial charge is 0.392 e. The number of fused-ring (bicyclic) bond motifs is 1. The van der Waals surface area contributed by atoms with Gasteiger partial charge in [-0.2, -0.15) is 0 Å². The van der Waals surface area contributed by atoms with Gasteiger partial charge in [-0.05, 0) is 30.9 Å². The number of anilines is 1. The van der Waals surface area contributed by atoms with Crippen molar-refractivity contribution >= 4 is 16.7 Å². The second kappa shape index (κ2) is 7.95. The van der Waals surface area contributed by atoms with E-state index in [-0.39, 0.29) is 6.61 Å². The number of aromatic nitrogens is 1. The summed E-state index contributed by atoms with van der Waals surface area (Å²) in [5, 5.41) is 14.4. The monoisotopic (exact) mass is 328 g/mol. The summed E-state index contributed by atoms with van der Waals surface area (Å²) in [5.74, 6) is 1.43. The van der Waals surface area contributed by atoms with Crippen molar-refractivity contribution in [2.75, 3.05) is 11.9 Å². The lowest BCUT2D eigenvalue weighted by atomic mass is 9.89. The maximum Gasteiger partial charge on any atom is 0.132 e. The molecule has 3 rings (SSSR count). The van der Waals surface area contributed by atoms with Crippen molar-refractivity contribution in [1.29, 1.82) is 0 Å². The number of ether oxygens (including phenoxy) is 1. The molecule has 0 radical (unpaired) electrons. The molecule has 0 bridgehead atoms. The summed E-state index contributed by atoms with van der Waals surface area (Å²) in [5.41, 5.74) is 1.82. The normalized spacial score (nSPS) is 21.3. The van der Waals surface area contributed by atoms with Crippen LogP contribution in [0.25, 0.3) is 10.9 Å². The fourth-order valence-corrected chi connectivity index (χ4v) is 3.70. The van der Waals surface area contributed by atoms with Gasteiger partial charge in [-0.3, -0.25) is 0 Å². The molecule has 1 saturated heterocycles. The van der Waals surface area contributed by atoms with E-state index < -0.39 is 0 Å². The molecule has 1 aromatic heterocycles. The zero-order valence-corrected chi connectivity index (χ0v) is 14.7. The molecule has 1 fully saturated rings. The summed E-state index contributed by atoms with van der Waals surface area (Å²) in [6.07, 6.45) is 4.62. The Morgan fingerprint density at radius 3 is 2.83 bits per heavy atom. The van der Waals surface area contributed by atoms with E-state index in [4.69, 9.17) is 9.72 Å². The van der Waals surface area contributed by atoms with Crippen LogP contribution in [0, 0.1) is 5.92 Å². The molecule has 0 amide bonds. The van der Waals surface area contributed by atoms with Gasteiger partial charge in [0.15, 0.2) is 0 Å². The summed E-state index contributed by atoms with van der Waals surface area (Å²) in [6, 6.07) is 10.4. The van der Waals surface area contributed by atoms with Gasteiger partial charge in [0.05, 0.1) is 18.2 Å². The first-order valence-corrected chi connectivity index (χ1v) is 9.12. The number of aliphatic hydroxyl groups is 1. The molecule has 1 aromatic carbocycles. The van der Waals surface area contributed by atoms with Crippen LogP contribution < -0.4 is 5.32 Å². The molecular weight excluding hydrogens is 300 g/mol. The van der Waals surface area contributed by atoms with Crippen molar-refractivity contribution in [3.63, 3.8) is 0 Å². The van der Waals surface area contributed by atoms with E-state index in [1.807, 2.05) is 30.3 Å². The number of aliphatic hydroxyl groups excluding tert-OH is 1. The summed E-state index contributed by atoms with van der Waals surface area (Å²) in [4.78, 5) is 4.74. The summed E-state index contributed by atoms with van der Waals surface area (Å²) < 4.78 is 6.01. The van der Waals surface area contributed by atoms with Crippen molar-refractivity contribution in [2.24, 2.45) is 5.92 Å². The van der Waals surface area contributed by atoms with Crippen LogP contribution in [-0.2, 0) is 11.3 Å². The van der Waals surface area contributed by atoms with Crippen LogP contribution in [0.1, 0.15) is 45.1 Å². The average Bonchev–Trinajstić information content (AvgIpc) is 2.62.